The van der Waals surface area contributed by atoms with Crippen molar-refractivity contribution in [3.8, 4) is 0 Å². The van der Waals surface area contributed by atoms with Crippen LogP contribution in [0, 0.1) is 6.92 Å². The van der Waals surface area contributed by atoms with Crippen molar-refractivity contribution in [1.82, 2.24) is 9.78 Å². The first kappa shape index (κ1) is 12.4. The second-order valence-corrected chi connectivity index (χ2v) is 4.43. The highest BCUT2D eigenvalue weighted by atomic mass is 35.5. The van der Waals surface area contributed by atoms with Crippen LogP contribution in [0.25, 0.3) is 0 Å². The maximum Gasteiger partial charge on any atom is 0.278 e. The van der Waals surface area contributed by atoms with E-state index in [4.69, 9.17) is 17.3 Å². The number of halogens is 1. The number of nitrogens with two attached hydrogens (primary N) is 1. The van der Waals surface area contributed by atoms with Gasteiger partial charge in [0.05, 0.1) is 5.69 Å². The van der Waals surface area contributed by atoms with Crippen molar-refractivity contribution in [3.63, 3.8) is 0 Å². The smallest absolute Gasteiger partial charge is 0.278 e. The molecule has 0 aliphatic heterocycles. The molecule has 0 bridgehead atoms. The first-order valence-corrected chi connectivity index (χ1v) is 5.72. The van der Waals surface area contributed by atoms with Gasteiger partial charge < -0.3 is 11.1 Å². The van der Waals surface area contributed by atoms with Crippen molar-refractivity contribution in [2.45, 2.75) is 6.92 Å². The summed E-state index contributed by atoms with van der Waals surface area (Å²) in [5, 5.41) is 7.29. The molecule has 0 aliphatic carbocycles. The van der Waals surface area contributed by atoms with Crippen LogP contribution in [0.5, 0.6) is 0 Å². The molecule has 0 atom stereocenters. The van der Waals surface area contributed by atoms with Crippen molar-refractivity contribution < 1.29 is 4.79 Å². The summed E-state index contributed by atoms with van der Waals surface area (Å²) in [6, 6.07) is 5.30. The highest BCUT2D eigenvalue weighted by molar-refractivity contribution is 6.31. The first-order valence-electron chi connectivity index (χ1n) is 5.34. The van der Waals surface area contributed by atoms with E-state index in [1.54, 1.807) is 25.4 Å². The van der Waals surface area contributed by atoms with Gasteiger partial charge >= 0.3 is 0 Å². The third-order valence-electron chi connectivity index (χ3n) is 2.50. The van der Waals surface area contributed by atoms with Gasteiger partial charge in [-0.15, -0.1) is 0 Å². The van der Waals surface area contributed by atoms with Crippen LogP contribution in [-0.2, 0) is 7.05 Å². The Morgan fingerprint density at radius 1 is 1.50 bits per heavy atom. The number of benzene rings is 1. The number of amides is 1. The molecule has 1 heterocycles. The van der Waals surface area contributed by atoms with E-state index >= 15 is 0 Å². The summed E-state index contributed by atoms with van der Waals surface area (Å²) in [7, 11) is 1.70. The second-order valence-electron chi connectivity index (χ2n) is 4.02. The summed E-state index contributed by atoms with van der Waals surface area (Å²) >= 11 is 5.98. The molecule has 1 aromatic heterocycles. The molecule has 2 aromatic rings. The fraction of sp³-hybridized carbons (Fsp3) is 0.167. The fourth-order valence-corrected chi connectivity index (χ4v) is 1.72. The Bertz CT molecular complexity index is 606. The Balaban J connectivity index is 2.21. The molecule has 94 valence electrons. The highest BCUT2D eigenvalue weighted by Gasteiger charge is 2.14. The molecule has 0 fully saturated rings. The van der Waals surface area contributed by atoms with Gasteiger partial charge in [-0.25, -0.2) is 0 Å². The molecule has 18 heavy (non-hydrogen) atoms. The van der Waals surface area contributed by atoms with E-state index in [1.807, 2.05) is 13.0 Å². The number of aromatic nitrogens is 2. The fourth-order valence-electron chi connectivity index (χ4n) is 1.54. The minimum atomic E-state index is -0.354. The average molecular weight is 265 g/mol. The van der Waals surface area contributed by atoms with Gasteiger partial charge in [0, 0.05) is 24.0 Å². The molecule has 0 spiro atoms. The van der Waals surface area contributed by atoms with E-state index in [0.717, 1.165) is 5.56 Å². The Morgan fingerprint density at radius 3 is 2.78 bits per heavy atom. The van der Waals surface area contributed by atoms with Crippen LogP contribution in [0.2, 0.25) is 5.02 Å². The van der Waals surface area contributed by atoms with Crippen molar-refractivity contribution in [2.75, 3.05) is 11.1 Å². The number of nitrogen functional groups attached to an aromatic ring is 1. The van der Waals surface area contributed by atoms with Gasteiger partial charge in [0.25, 0.3) is 5.91 Å². The first-order chi connectivity index (χ1) is 8.47. The zero-order valence-electron chi connectivity index (χ0n) is 10.1. The van der Waals surface area contributed by atoms with E-state index in [2.05, 4.69) is 10.4 Å². The van der Waals surface area contributed by atoms with Crippen LogP contribution >= 0.6 is 11.6 Å². The van der Waals surface area contributed by atoms with E-state index in [9.17, 15) is 4.79 Å². The predicted octanol–water partition coefficient (Wildman–Crippen LogP) is 2.22. The molecule has 0 saturated carbocycles. The van der Waals surface area contributed by atoms with Crippen LogP contribution < -0.4 is 11.1 Å². The highest BCUT2D eigenvalue weighted by Crippen LogP contribution is 2.20. The van der Waals surface area contributed by atoms with Gasteiger partial charge in [-0.1, -0.05) is 17.7 Å². The zero-order chi connectivity index (χ0) is 13.3. The average Bonchev–Trinajstić information content (AvgIpc) is 2.63. The third kappa shape index (κ3) is 2.46. The van der Waals surface area contributed by atoms with Crippen molar-refractivity contribution in [2.24, 2.45) is 7.05 Å². The van der Waals surface area contributed by atoms with Gasteiger partial charge in [0.2, 0.25) is 0 Å². The predicted molar refractivity (Wildman–Crippen MR) is 71.8 cm³/mol. The molecule has 5 nitrogen and oxygen atoms in total. The topological polar surface area (TPSA) is 72.9 Å². The largest absolute Gasteiger partial charge is 0.396 e. The van der Waals surface area contributed by atoms with Crippen LogP contribution in [0.3, 0.4) is 0 Å². The molecular weight excluding hydrogens is 252 g/mol. The molecule has 0 unspecified atom stereocenters. The Labute approximate surface area is 110 Å². The van der Waals surface area contributed by atoms with E-state index in [0.29, 0.717) is 16.4 Å². The van der Waals surface area contributed by atoms with Gasteiger partial charge in [0.15, 0.2) is 5.69 Å². The third-order valence-corrected chi connectivity index (χ3v) is 2.91. The molecule has 0 radical (unpaired) electrons. The summed E-state index contributed by atoms with van der Waals surface area (Å²) in [6.45, 7) is 1.89. The molecule has 6 heteroatoms. The standard InChI is InChI=1S/C12H13ClN4O/c1-7-3-4-8(5-9(7)13)15-12(18)11-10(14)6-17(2)16-11/h3-6H,14H2,1-2H3,(H,15,18). The van der Waals surface area contributed by atoms with Gasteiger partial charge in [-0.3, -0.25) is 9.48 Å². The maximum absolute atomic E-state index is 11.9. The molecule has 3 N–H and O–H groups in total. The second kappa shape index (κ2) is 4.70. The number of hydrogen-bond donors (Lipinski definition) is 2. The Kier molecular flexibility index (Phi) is 3.25. The zero-order valence-corrected chi connectivity index (χ0v) is 10.8. The van der Waals surface area contributed by atoms with Crippen molar-refractivity contribution in [3.05, 3.63) is 40.7 Å². The normalized spacial score (nSPS) is 10.4. The number of rotatable bonds is 2. The van der Waals surface area contributed by atoms with Gasteiger partial charge in [0.1, 0.15) is 0 Å². The maximum atomic E-state index is 11.9. The summed E-state index contributed by atoms with van der Waals surface area (Å²) in [5.74, 6) is -0.354. The molecule has 2 rings (SSSR count). The molecular formula is C12H13ClN4O. The van der Waals surface area contributed by atoms with E-state index < -0.39 is 0 Å². The number of nitrogens with one attached hydrogen (secondary N) is 1. The molecule has 1 amide bonds. The van der Waals surface area contributed by atoms with Gasteiger partial charge in [-0.2, -0.15) is 5.10 Å². The van der Waals surface area contributed by atoms with Gasteiger partial charge in [-0.05, 0) is 24.6 Å². The van der Waals surface area contributed by atoms with Crippen LogP contribution in [-0.4, -0.2) is 15.7 Å². The number of carbonyl (C=O) groups excluding carboxylic acids is 1. The summed E-state index contributed by atoms with van der Waals surface area (Å²) < 4.78 is 1.49. The van der Waals surface area contributed by atoms with Crippen LogP contribution in [0.15, 0.2) is 24.4 Å². The number of carbonyl (C=O) groups is 1. The van der Waals surface area contributed by atoms with Crippen molar-refractivity contribution >= 4 is 28.9 Å². The number of aryl methyl sites for hydroxylation is 2. The lowest BCUT2D eigenvalue weighted by molar-refractivity contribution is 0.102. The molecule has 1 aromatic carbocycles. The summed E-state index contributed by atoms with van der Waals surface area (Å²) in [5.41, 5.74) is 7.79. The lowest BCUT2D eigenvalue weighted by Crippen LogP contribution is -2.14. The van der Waals surface area contributed by atoms with Crippen LogP contribution in [0.4, 0.5) is 11.4 Å². The van der Waals surface area contributed by atoms with E-state index in [1.165, 1.54) is 4.68 Å². The summed E-state index contributed by atoms with van der Waals surface area (Å²) in [6.07, 6.45) is 1.58. The van der Waals surface area contributed by atoms with Crippen LogP contribution in [0.1, 0.15) is 16.1 Å². The quantitative estimate of drug-likeness (QED) is 0.873. The molecule has 0 saturated heterocycles. The lowest BCUT2D eigenvalue weighted by Gasteiger charge is -2.05. The summed E-state index contributed by atoms with van der Waals surface area (Å²) in [4.78, 5) is 11.9. The number of anilines is 2. The SMILES string of the molecule is Cc1ccc(NC(=O)c2nn(C)cc2N)cc1Cl. The minimum Gasteiger partial charge on any atom is -0.396 e. The van der Waals surface area contributed by atoms with E-state index in [-0.39, 0.29) is 11.6 Å². The lowest BCUT2D eigenvalue weighted by atomic mass is 10.2. The monoisotopic (exact) mass is 264 g/mol. The number of nitrogens with zero attached hydrogens (tertiary/aromatic N) is 2. The molecule has 0 aliphatic rings. The minimum absolute atomic E-state index is 0.203. The van der Waals surface area contributed by atoms with Crippen molar-refractivity contribution in [1.29, 1.82) is 0 Å². The Hall–Kier alpha value is -2.01. The number of hydrogen-bond acceptors (Lipinski definition) is 3. The Morgan fingerprint density at radius 2 is 2.22 bits per heavy atom.